The van der Waals surface area contributed by atoms with Crippen LogP contribution in [0.2, 0.25) is 0 Å². The van der Waals surface area contributed by atoms with E-state index in [1.165, 1.54) is 0 Å². The van der Waals surface area contributed by atoms with E-state index in [1.54, 1.807) is 12.3 Å². The molecule has 0 amide bonds. The highest BCUT2D eigenvalue weighted by Crippen LogP contribution is 2.05. The lowest BCUT2D eigenvalue weighted by atomic mass is 10.2. The van der Waals surface area contributed by atoms with E-state index < -0.39 is 0 Å². The number of aromatic nitrogens is 1. The summed E-state index contributed by atoms with van der Waals surface area (Å²) in [7, 11) is 0. The standard InChI is InChI=1S/C11H19N3O/c1-2-5-14(6-7-15)9-10-3-4-11(12)13-8-10/h3-4,8,15H,2,5-7,9H2,1H3,(H2,12,13). The third-order valence-electron chi connectivity index (χ3n) is 2.21. The number of nitrogens with two attached hydrogens (primary N) is 1. The molecule has 1 heterocycles. The Kier molecular flexibility index (Phi) is 5.07. The summed E-state index contributed by atoms with van der Waals surface area (Å²) < 4.78 is 0. The van der Waals surface area contributed by atoms with Gasteiger partial charge >= 0.3 is 0 Å². The van der Waals surface area contributed by atoms with Crippen LogP contribution in [0.25, 0.3) is 0 Å². The van der Waals surface area contributed by atoms with E-state index in [4.69, 9.17) is 10.8 Å². The Labute approximate surface area is 90.7 Å². The molecule has 15 heavy (non-hydrogen) atoms. The van der Waals surface area contributed by atoms with Crippen LogP contribution in [0.5, 0.6) is 0 Å². The molecule has 0 aliphatic heterocycles. The first kappa shape index (κ1) is 11.9. The van der Waals surface area contributed by atoms with Crippen LogP contribution in [0, 0.1) is 0 Å². The summed E-state index contributed by atoms with van der Waals surface area (Å²) in [6.07, 6.45) is 2.87. The van der Waals surface area contributed by atoms with Crippen molar-refractivity contribution in [2.45, 2.75) is 19.9 Å². The highest BCUT2D eigenvalue weighted by Gasteiger charge is 2.04. The lowest BCUT2D eigenvalue weighted by Crippen LogP contribution is -2.27. The number of nitrogen functional groups attached to an aromatic ring is 1. The molecule has 0 saturated heterocycles. The number of aliphatic hydroxyl groups is 1. The third-order valence-corrected chi connectivity index (χ3v) is 2.21. The summed E-state index contributed by atoms with van der Waals surface area (Å²) in [6, 6.07) is 3.78. The molecule has 84 valence electrons. The number of anilines is 1. The number of hydrogen-bond donors (Lipinski definition) is 2. The average molecular weight is 209 g/mol. The highest BCUT2D eigenvalue weighted by atomic mass is 16.3. The van der Waals surface area contributed by atoms with E-state index in [0.29, 0.717) is 12.4 Å². The van der Waals surface area contributed by atoms with Crippen molar-refractivity contribution in [2.75, 3.05) is 25.4 Å². The molecule has 4 nitrogen and oxygen atoms in total. The molecule has 0 fully saturated rings. The summed E-state index contributed by atoms with van der Waals surface area (Å²) >= 11 is 0. The van der Waals surface area contributed by atoms with Crippen molar-refractivity contribution in [1.82, 2.24) is 9.88 Å². The zero-order valence-electron chi connectivity index (χ0n) is 9.19. The maximum absolute atomic E-state index is 8.91. The summed E-state index contributed by atoms with van der Waals surface area (Å²) in [5, 5.41) is 8.91. The van der Waals surface area contributed by atoms with Crippen LogP contribution in [0.1, 0.15) is 18.9 Å². The Hall–Kier alpha value is -1.13. The maximum Gasteiger partial charge on any atom is 0.123 e. The Balaban J connectivity index is 2.53. The van der Waals surface area contributed by atoms with Crippen LogP contribution in [0.3, 0.4) is 0 Å². The van der Waals surface area contributed by atoms with Gasteiger partial charge in [0.2, 0.25) is 0 Å². The van der Waals surface area contributed by atoms with Gasteiger partial charge in [-0.2, -0.15) is 0 Å². The minimum Gasteiger partial charge on any atom is -0.395 e. The van der Waals surface area contributed by atoms with Gasteiger partial charge < -0.3 is 10.8 Å². The molecule has 0 aliphatic carbocycles. The van der Waals surface area contributed by atoms with E-state index in [9.17, 15) is 0 Å². The molecular formula is C11H19N3O. The molecule has 3 N–H and O–H groups in total. The molecule has 0 aliphatic rings. The number of rotatable bonds is 6. The molecule has 0 saturated carbocycles. The molecule has 0 radical (unpaired) electrons. The van der Waals surface area contributed by atoms with Crippen LogP contribution in [-0.2, 0) is 6.54 Å². The summed E-state index contributed by atoms with van der Waals surface area (Å²) in [4.78, 5) is 6.24. The molecule has 1 rings (SSSR count). The molecule has 1 aromatic rings. The van der Waals surface area contributed by atoms with Crippen LogP contribution in [-0.4, -0.2) is 34.7 Å². The molecule has 0 bridgehead atoms. The fourth-order valence-corrected chi connectivity index (χ4v) is 1.52. The Morgan fingerprint density at radius 3 is 2.73 bits per heavy atom. The van der Waals surface area contributed by atoms with Crippen LogP contribution < -0.4 is 5.73 Å². The number of pyridine rings is 1. The van der Waals surface area contributed by atoms with Crippen molar-refractivity contribution in [3.05, 3.63) is 23.9 Å². The zero-order valence-corrected chi connectivity index (χ0v) is 9.19. The van der Waals surface area contributed by atoms with Gasteiger partial charge in [-0.1, -0.05) is 13.0 Å². The van der Waals surface area contributed by atoms with Crippen molar-refractivity contribution in [2.24, 2.45) is 0 Å². The zero-order chi connectivity index (χ0) is 11.1. The van der Waals surface area contributed by atoms with E-state index in [2.05, 4.69) is 16.8 Å². The van der Waals surface area contributed by atoms with Gasteiger partial charge in [0.1, 0.15) is 5.82 Å². The maximum atomic E-state index is 8.91. The van der Waals surface area contributed by atoms with E-state index >= 15 is 0 Å². The molecular weight excluding hydrogens is 190 g/mol. The van der Waals surface area contributed by atoms with Gasteiger partial charge in [-0.15, -0.1) is 0 Å². The first-order valence-corrected chi connectivity index (χ1v) is 5.30. The molecule has 0 spiro atoms. The second-order valence-electron chi connectivity index (χ2n) is 3.59. The third kappa shape index (κ3) is 4.27. The second kappa shape index (κ2) is 6.37. The van der Waals surface area contributed by atoms with Crippen LogP contribution >= 0.6 is 0 Å². The minimum atomic E-state index is 0.197. The van der Waals surface area contributed by atoms with Gasteiger partial charge in [0.05, 0.1) is 6.61 Å². The van der Waals surface area contributed by atoms with E-state index in [0.717, 1.165) is 25.1 Å². The predicted octanol–water partition coefficient (Wildman–Crippen LogP) is 0.868. The Bertz CT molecular complexity index is 268. The van der Waals surface area contributed by atoms with Crippen molar-refractivity contribution in [3.8, 4) is 0 Å². The van der Waals surface area contributed by atoms with Crippen molar-refractivity contribution in [1.29, 1.82) is 0 Å². The summed E-state index contributed by atoms with van der Waals surface area (Å²) in [6.45, 7) is 4.85. The van der Waals surface area contributed by atoms with E-state index in [-0.39, 0.29) is 6.61 Å². The van der Waals surface area contributed by atoms with Gasteiger partial charge in [0, 0.05) is 19.3 Å². The molecule has 0 aromatic carbocycles. The number of hydrogen-bond acceptors (Lipinski definition) is 4. The first-order valence-electron chi connectivity index (χ1n) is 5.30. The molecule has 4 heteroatoms. The van der Waals surface area contributed by atoms with E-state index in [1.807, 2.05) is 6.07 Å². The normalized spacial score (nSPS) is 10.9. The van der Waals surface area contributed by atoms with Gasteiger partial charge in [-0.3, -0.25) is 4.90 Å². The number of aliphatic hydroxyl groups excluding tert-OH is 1. The molecule has 0 atom stereocenters. The summed E-state index contributed by atoms with van der Waals surface area (Å²) in [5.41, 5.74) is 6.64. The largest absolute Gasteiger partial charge is 0.395 e. The molecule has 1 aromatic heterocycles. The highest BCUT2D eigenvalue weighted by molar-refractivity contribution is 5.29. The van der Waals surface area contributed by atoms with Gasteiger partial charge in [-0.25, -0.2) is 4.98 Å². The monoisotopic (exact) mass is 209 g/mol. The number of nitrogens with zero attached hydrogens (tertiary/aromatic N) is 2. The van der Waals surface area contributed by atoms with Crippen LogP contribution in [0.4, 0.5) is 5.82 Å². The minimum absolute atomic E-state index is 0.197. The average Bonchev–Trinajstić information content (AvgIpc) is 2.22. The van der Waals surface area contributed by atoms with Gasteiger partial charge in [0.15, 0.2) is 0 Å². The summed E-state index contributed by atoms with van der Waals surface area (Å²) in [5.74, 6) is 0.544. The van der Waals surface area contributed by atoms with Crippen molar-refractivity contribution in [3.63, 3.8) is 0 Å². The van der Waals surface area contributed by atoms with Crippen LogP contribution in [0.15, 0.2) is 18.3 Å². The SMILES string of the molecule is CCCN(CCO)Cc1ccc(N)nc1. The fraction of sp³-hybridized carbons (Fsp3) is 0.545. The topological polar surface area (TPSA) is 62.4 Å². The van der Waals surface area contributed by atoms with Crippen molar-refractivity contribution < 1.29 is 5.11 Å². The smallest absolute Gasteiger partial charge is 0.123 e. The van der Waals surface area contributed by atoms with Gasteiger partial charge in [-0.05, 0) is 24.6 Å². The lowest BCUT2D eigenvalue weighted by Gasteiger charge is -2.20. The quantitative estimate of drug-likeness (QED) is 0.729. The first-order chi connectivity index (χ1) is 7.26. The van der Waals surface area contributed by atoms with Crippen molar-refractivity contribution >= 4 is 5.82 Å². The predicted molar refractivity (Wildman–Crippen MR) is 61.3 cm³/mol. The Morgan fingerprint density at radius 2 is 2.20 bits per heavy atom. The second-order valence-corrected chi connectivity index (χ2v) is 3.59. The fourth-order valence-electron chi connectivity index (χ4n) is 1.52. The lowest BCUT2D eigenvalue weighted by molar-refractivity contribution is 0.190. The Morgan fingerprint density at radius 1 is 1.40 bits per heavy atom. The molecule has 0 unspecified atom stereocenters. The van der Waals surface area contributed by atoms with Gasteiger partial charge in [0.25, 0.3) is 0 Å².